The zero-order chi connectivity index (χ0) is 18.4. The minimum atomic E-state index is -0.968. The molecule has 1 aliphatic heterocycles. The van der Waals surface area contributed by atoms with Gasteiger partial charge in [-0.05, 0) is 13.8 Å². The van der Waals surface area contributed by atoms with E-state index >= 15 is 0 Å². The highest BCUT2D eigenvalue weighted by Gasteiger charge is 2.29. The Kier molecular flexibility index (Phi) is 5.85. The van der Waals surface area contributed by atoms with Crippen molar-refractivity contribution in [2.75, 3.05) is 37.7 Å². The van der Waals surface area contributed by atoms with E-state index in [0.717, 1.165) is 0 Å². The number of imidazole rings is 1. The molecule has 25 heavy (non-hydrogen) atoms. The van der Waals surface area contributed by atoms with Gasteiger partial charge in [-0.15, -0.1) is 5.92 Å². The number of aromatic nitrogens is 2. The van der Waals surface area contributed by atoms with E-state index in [9.17, 15) is 14.9 Å². The molecule has 1 amide bonds. The first-order valence-electron chi connectivity index (χ1n) is 7.83. The highest BCUT2D eigenvalue weighted by Crippen LogP contribution is 2.22. The van der Waals surface area contributed by atoms with E-state index < -0.39 is 12.1 Å². The first kappa shape index (κ1) is 18.1. The Balaban J connectivity index is 2.38. The summed E-state index contributed by atoms with van der Waals surface area (Å²) in [5.74, 6) is 5.39. The van der Waals surface area contributed by atoms with Crippen molar-refractivity contribution in [1.82, 2.24) is 14.5 Å². The van der Waals surface area contributed by atoms with Crippen LogP contribution in [0.2, 0.25) is 0 Å². The van der Waals surface area contributed by atoms with Crippen LogP contribution in [0.3, 0.4) is 0 Å². The van der Waals surface area contributed by atoms with Crippen molar-refractivity contribution >= 4 is 18.0 Å². The molecule has 1 aliphatic rings. The number of nitrogens with zero attached hydrogens (tertiary/aromatic N) is 5. The number of carbonyl (C=O) groups excluding carboxylic acids is 1. The van der Waals surface area contributed by atoms with Crippen molar-refractivity contribution in [1.29, 1.82) is 5.26 Å². The molecule has 0 atom stereocenters. The van der Waals surface area contributed by atoms with E-state index in [1.54, 1.807) is 18.4 Å². The molecule has 9 heteroatoms. The summed E-state index contributed by atoms with van der Waals surface area (Å²) in [5, 5.41) is 18.5. The summed E-state index contributed by atoms with van der Waals surface area (Å²) in [6.07, 6.45) is -0.968. The molecule has 0 aromatic carbocycles. The summed E-state index contributed by atoms with van der Waals surface area (Å²) >= 11 is 0. The SMILES string of the molecule is CC#CCn1c(N2CCN(C(=O)O)CC2)nc(C(=O)OCC)c1C#N. The molecule has 132 valence electrons. The maximum atomic E-state index is 12.1. The number of esters is 1. The molecule has 2 heterocycles. The Bertz CT molecular complexity index is 760. The molecular formula is C16H19N5O4. The van der Waals surface area contributed by atoms with Gasteiger partial charge in [-0.2, -0.15) is 5.26 Å². The van der Waals surface area contributed by atoms with E-state index in [1.165, 1.54) is 4.90 Å². The summed E-state index contributed by atoms with van der Waals surface area (Å²) in [7, 11) is 0. The van der Waals surface area contributed by atoms with Crippen LogP contribution in [0.25, 0.3) is 0 Å². The summed E-state index contributed by atoms with van der Waals surface area (Å²) in [6.45, 7) is 5.21. The number of nitriles is 1. The van der Waals surface area contributed by atoms with Crippen LogP contribution in [0, 0.1) is 23.2 Å². The average Bonchev–Trinajstić information content (AvgIpc) is 2.98. The molecule has 0 bridgehead atoms. The lowest BCUT2D eigenvalue weighted by molar-refractivity contribution is 0.0519. The van der Waals surface area contributed by atoms with Gasteiger partial charge in [-0.1, -0.05) is 5.92 Å². The van der Waals surface area contributed by atoms with Crippen molar-refractivity contribution in [2.45, 2.75) is 20.4 Å². The fourth-order valence-electron chi connectivity index (χ4n) is 2.54. The van der Waals surface area contributed by atoms with Gasteiger partial charge in [-0.3, -0.25) is 4.57 Å². The Morgan fingerprint density at radius 2 is 2.00 bits per heavy atom. The number of ether oxygens (including phenoxy) is 1. The van der Waals surface area contributed by atoms with Crippen LogP contribution in [0.1, 0.15) is 30.0 Å². The number of hydrogen-bond acceptors (Lipinski definition) is 6. The minimum Gasteiger partial charge on any atom is -0.465 e. The standard InChI is InChI=1S/C16H19N5O4/c1-3-5-6-21-12(11-17)13(14(22)25-4-2)18-15(21)19-7-9-20(10-8-19)16(23)24/h4,6-10H2,1-2H3,(H,23,24). The Hall–Kier alpha value is -3.20. The number of carboxylic acid groups (broad SMARTS) is 1. The largest absolute Gasteiger partial charge is 0.465 e. The molecule has 0 aliphatic carbocycles. The molecule has 0 unspecified atom stereocenters. The smallest absolute Gasteiger partial charge is 0.407 e. The maximum Gasteiger partial charge on any atom is 0.407 e. The van der Waals surface area contributed by atoms with E-state index in [4.69, 9.17) is 9.84 Å². The highest BCUT2D eigenvalue weighted by atomic mass is 16.5. The summed E-state index contributed by atoms with van der Waals surface area (Å²) in [4.78, 5) is 30.6. The van der Waals surface area contributed by atoms with E-state index in [-0.39, 0.29) is 24.5 Å². The van der Waals surface area contributed by atoms with Crippen molar-refractivity contribution in [2.24, 2.45) is 0 Å². The topological polar surface area (TPSA) is 112 Å². The van der Waals surface area contributed by atoms with Crippen LogP contribution in [0.15, 0.2) is 0 Å². The molecule has 1 saturated heterocycles. The quantitative estimate of drug-likeness (QED) is 0.633. The second-order valence-corrected chi connectivity index (χ2v) is 5.21. The maximum absolute atomic E-state index is 12.1. The van der Waals surface area contributed by atoms with Crippen LogP contribution in [-0.2, 0) is 11.3 Å². The van der Waals surface area contributed by atoms with Gasteiger partial charge in [0.15, 0.2) is 11.4 Å². The van der Waals surface area contributed by atoms with E-state index in [1.807, 2.05) is 11.0 Å². The lowest BCUT2D eigenvalue weighted by atomic mass is 10.3. The normalized spacial score (nSPS) is 13.6. The van der Waals surface area contributed by atoms with Crippen molar-refractivity contribution in [3.63, 3.8) is 0 Å². The molecule has 0 spiro atoms. The molecule has 0 saturated carbocycles. The molecular weight excluding hydrogens is 326 g/mol. The first-order valence-corrected chi connectivity index (χ1v) is 7.83. The third kappa shape index (κ3) is 3.83. The second-order valence-electron chi connectivity index (χ2n) is 5.21. The van der Waals surface area contributed by atoms with Gasteiger partial charge >= 0.3 is 12.1 Å². The van der Waals surface area contributed by atoms with Gasteiger partial charge in [0, 0.05) is 26.2 Å². The molecule has 9 nitrogen and oxygen atoms in total. The zero-order valence-electron chi connectivity index (χ0n) is 14.2. The van der Waals surface area contributed by atoms with Crippen LogP contribution in [-0.4, -0.2) is 64.4 Å². The molecule has 1 fully saturated rings. The third-order valence-electron chi connectivity index (χ3n) is 3.77. The Morgan fingerprint density at radius 3 is 2.52 bits per heavy atom. The number of amides is 1. The van der Waals surface area contributed by atoms with E-state index in [0.29, 0.717) is 32.1 Å². The fraction of sp³-hybridized carbons (Fsp3) is 0.500. The van der Waals surface area contributed by atoms with Crippen molar-refractivity contribution in [3.05, 3.63) is 11.4 Å². The van der Waals surface area contributed by atoms with Crippen molar-refractivity contribution < 1.29 is 19.4 Å². The number of rotatable bonds is 4. The minimum absolute atomic E-state index is 0.0436. The first-order chi connectivity index (χ1) is 12.0. The number of carbonyl (C=O) groups is 2. The summed E-state index contributed by atoms with van der Waals surface area (Å²) in [6, 6.07) is 2.00. The third-order valence-corrected chi connectivity index (χ3v) is 3.77. The predicted molar refractivity (Wildman–Crippen MR) is 88.2 cm³/mol. The second kappa shape index (κ2) is 8.06. The van der Waals surface area contributed by atoms with Gasteiger partial charge in [0.2, 0.25) is 5.95 Å². The zero-order valence-corrected chi connectivity index (χ0v) is 14.2. The number of anilines is 1. The molecule has 2 rings (SSSR count). The average molecular weight is 345 g/mol. The molecule has 1 aromatic heterocycles. The van der Waals surface area contributed by atoms with Crippen LogP contribution in [0.5, 0.6) is 0 Å². The lowest BCUT2D eigenvalue weighted by Gasteiger charge is -2.33. The predicted octanol–water partition coefficient (Wildman–Crippen LogP) is 0.755. The number of piperazine rings is 1. The summed E-state index contributed by atoms with van der Waals surface area (Å²) in [5.41, 5.74) is 0.0507. The Morgan fingerprint density at radius 1 is 1.32 bits per heavy atom. The van der Waals surface area contributed by atoms with Crippen LogP contribution < -0.4 is 4.90 Å². The van der Waals surface area contributed by atoms with Crippen LogP contribution >= 0.6 is 0 Å². The lowest BCUT2D eigenvalue weighted by Crippen LogP contribution is -2.49. The van der Waals surface area contributed by atoms with Gasteiger partial charge in [-0.25, -0.2) is 14.6 Å². The van der Waals surface area contributed by atoms with Gasteiger partial charge in [0.1, 0.15) is 6.07 Å². The van der Waals surface area contributed by atoms with Gasteiger partial charge in [0.25, 0.3) is 0 Å². The van der Waals surface area contributed by atoms with E-state index in [2.05, 4.69) is 16.8 Å². The van der Waals surface area contributed by atoms with Gasteiger partial charge in [0.05, 0.1) is 13.2 Å². The fourth-order valence-corrected chi connectivity index (χ4v) is 2.54. The molecule has 0 radical (unpaired) electrons. The summed E-state index contributed by atoms with van der Waals surface area (Å²) < 4.78 is 6.54. The van der Waals surface area contributed by atoms with Crippen molar-refractivity contribution in [3.8, 4) is 17.9 Å². The molecule has 1 N–H and O–H groups in total. The molecule has 1 aromatic rings. The Labute approximate surface area is 145 Å². The van der Waals surface area contributed by atoms with Gasteiger partial charge < -0.3 is 19.6 Å². The monoisotopic (exact) mass is 345 g/mol. The number of hydrogen-bond donors (Lipinski definition) is 1. The highest BCUT2D eigenvalue weighted by molar-refractivity contribution is 5.90. The van der Waals surface area contributed by atoms with Crippen LogP contribution in [0.4, 0.5) is 10.7 Å².